The number of methoxy groups -OCH3 is 1. The Hall–Kier alpha value is -3.30. The number of aromatic nitrogens is 1. The molecule has 0 aliphatic heterocycles. The summed E-state index contributed by atoms with van der Waals surface area (Å²) in [6, 6.07) is 10.5. The second-order valence-electron chi connectivity index (χ2n) is 8.31. The first kappa shape index (κ1) is 23.8. The van der Waals surface area contributed by atoms with Crippen molar-refractivity contribution in [3.63, 3.8) is 0 Å². The van der Waals surface area contributed by atoms with E-state index in [-0.39, 0.29) is 30.3 Å². The number of nitro benzene ring substituents is 1. The molecule has 1 heterocycles. The molecule has 1 saturated carbocycles. The zero-order chi connectivity index (χ0) is 24.1. The van der Waals surface area contributed by atoms with Crippen LogP contribution < -0.4 is 4.74 Å². The van der Waals surface area contributed by atoms with Crippen LogP contribution in [-0.4, -0.2) is 29.2 Å². The molecule has 8 nitrogen and oxygen atoms in total. The Kier molecular flexibility index (Phi) is 7.54. The highest BCUT2D eigenvalue weighted by Crippen LogP contribution is 2.29. The highest BCUT2D eigenvalue weighted by atomic mass is 19.1. The van der Waals surface area contributed by atoms with E-state index in [4.69, 9.17) is 18.6 Å². The molecule has 0 spiro atoms. The van der Waals surface area contributed by atoms with Gasteiger partial charge in [0.15, 0.2) is 0 Å². The predicted octanol–water partition coefficient (Wildman–Crippen LogP) is 5.75. The lowest BCUT2D eigenvalue weighted by atomic mass is 9.95. The average Bonchev–Trinajstić information content (AvgIpc) is 3.22. The summed E-state index contributed by atoms with van der Waals surface area (Å²) in [5.74, 6) is 1.36. The quantitative estimate of drug-likeness (QED) is 0.290. The molecule has 180 valence electrons. The number of hydrogen-bond donors (Lipinski definition) is 0. The molecule has 4 rings (SSSR count). The van der Waals surface area contributed by atoms with Crippen molar-refractivity contribution < 1.29 is 27.9 Å². The molecule has 2 aromatic carbocycles. The van der Waals surface area contributed by atoms with Crippen LogP contribution in [0.1, 0.15) is 42.7 Å². The van der Waals surface area contributed by atoms with Gasteiger partial charge in [0, 0.05) is 23.3 Å². The second-order valence-corrected chi connectivity index (χ2v) is 8.31. The van der Waals surface area contributed by atoms with Gasteiger partial charge in [-0.3, -0.25) is 10.1 Å². The van der Waals surface area contributed by atoms with Gasteiger partial charge in [0.2, 0.25) is 5.89 Å². The van der Waals surface area contributed by atoms with Crippen molar-refractivity contribution >= 4 is 5.69 Å². The monoisotopic (exact) mass is 470 g/mol. The number of rotatable bonds is 9. The molecule has 3 aromatic rings. The molecule has 1 aliphatic carbocycles. The molecule has 1 fully saturated rings. The number of nitrogens with zero attached hydrogens (tertiary/aromatic N) is 2. The van der Waals surface area contributed by atoms with E-state index in [0.29, 0.717) is 40.8 Å². The minimum absolute atomic E-state index is 0.00671. The summed E-state index contributed by atoms with van der Waals surface area (Å²) in [6.45, 7) is 2.37. The summed E-state index contributed by atoms with van der Waals surface area (Å²) in [5.41, 5.74) is 2.07. The summed E-state index contributed by atoms with van der Waals surface area (Å²) >= 11 is 0. The zero-order valence-electron chi connectivity index (χ0n) is 19.2. The first-order valence-corrected chi connectivity index (χ1v) is 11.2. The molecule has 2 atom stereocenters. The first-order chi connectivity index (χ1) is 16.4. The van der Waals surface area contributed by atoms with Crippen LogP contribution in [0.4, 0.5) is 10.1 Å². The minimum Gasteiger partial charge on any atom is -0.496 e. The van der Waals surface area contributed by atoms with E-state index in [2.05, 4.69) is 4.98 Å². The Bertz CT molecular complexity index is 1130. The lowest BCUT2D eigenvalue weighted by molar-refractivity contribution is -0.385. The molecular formula is C25H27FN2O6. The predicted molar refractivity (Wildman–Crippen MR) is 122 cm³/mol. The maximum Gasteiger partial charge on any atom is 0.270 e. The third kappa shape index (κ3) is 5.78. The number of ether oxygens (including phenoxy) is 3. The number of hydrogen-bond acceptors (Lipinski definition) is 7. The lowest BCUT2D eigenvalue weighted by Gasteiger charge is -2.29. The van der Waals surface area contributed by atoms with Crippen LogP contribution >= 0.6 is 0 Å². The molecular weight excluding hydrogens is 443 g/mol. The maximum atomic E-state index is 13.2. The molecule has 0 saturated heterocycles. The molecule has 0 bridgehead atoms. The minimum atomic E-state index is -0.430. The van der Waals surface area contributed by atoms with E-state index in [1.807, 2.05) is 6.92 Å². The smallest absolute Gasteiger partial charge is 0.270 e. The Morgan fingerprint density at radius 2 is 1.82 bits per heavy atom. The van der Waals surface area contributed by atoms with E-state index in [0.717, 1.165) is 25.7 Å². The number of nitro groups is 1. The Balaban J connectivity index is 1.32. The first-order valence-electron chi connectivity index (χ1n) is 11.2. The van der Waals surface area contributed by atoms with Crippen molar-refractivity contribution in [1.29, 1.82) is 0 Å². The number of benzene rings is 2. The van der Waals surface area contributed by atoms with Gasteiger partial charge in [-0.1, -0.05) is 0 Å². The van der Waals surface area contributed by atoms with Crippen LogP contribution in [0.3, 0.4) is 0 Å². The van der Waals surface area contributed by atoms with Gasteiger partial charge in [-0.15, -0.1) is 0 Å². The molecule has 0 N–H and O–H groups in total. The third-order valence-corrected chi connectivity index (χ3v) is 5.97. The van der Waals surface area contributed by atoms with Crippen LogP contribution in [0, 0.1) is 22.9 Å². The maximum absolute atomic E-state index is 13.2. The van der Waals surface area contributed by atoms with Crippen LogP contribution in [-0.2, 0) is 22.7 Å². The number of oxazole rings is 1. The van der Waals surface area contributed by atoms with Gasteiger partial charge in [0.25, 0.3) is 5.69 Å². The Labute approximate surface area is 196 Å². The average molecular weight is 470 g/mol. The van der Waals surface area contributed by atoms with Gasteiger partial charge in [0.1, 0.15) is 23.0 Å². The standard InChI is InChI=1S/C25H27FN2O6/c1-16-23(27-25(34-16)17-6-8-19(26)9-7-17)15-33-22-5-3-4-21(13-22)32-14-18-12-20(28(29)30)10-11-24(18)31-2/h6-12,21-22H,3-5,13-15H2,1-2H3/t21-,22+/m0/s1. The third-order valence-electron chi connectivity index (χ3n) is 5.97. The van der Waals surface area contributed by atoms with Gasteiger partial charge in [-0.2, -0.15) is 0 Å². The second kappa shape index (κ2) is 10.8. The van der Waals surface area contributed by atoms with Crippen molar-refractivity contribution in [1.82, 2.24) is 4.98 Å². The summed E-state index contributed by atoms with van der Waals surface area (Å²) in [5, 5.41) is 11.1. The summed E-state index contributed by atoms with van der Waals surface area (Å²) in [6.07, 6.45) is 3.49. The molecule has 0 unspecified atom stereocenters. The van der Waals surface area contributed by atoms with Gasteiger partial charge in [-0.05, 0) is 62.9 Å². The van der Waals surface area contributed by atoms with Gasteiger partial charge >= 0.3 is 0 Å². The van der Waals surface area contributed by atoms with Gasteiger partial charge < -0.3 is 18.6 Å². The summed E-state index contributed by atoms with van der Waals surface area (Å²) in [7, 11) is 1.53. The Morgan fingerprint density at radius 3 is 2.50 bits per heavy atom. The fourth-order valence-corrected chi connectivity index (χ4v) is 4.08. The number of non-ortho nitro benzene ring substituents is 1. The van der Waals surface area contributed by atoms with Crippen LogP contribution in [0.25, 0.3) is 11.5 Å². The summed E-state index contributed by atoms with van der Waals surface area (Å²) in [4.78, 5) is 15.2. The van der Waals surface area contributed by atoms with Crippen molar-refractivity contribution in [3.05, 3.63) is 75.4 Å². The lowest BCUT2D eigenvalue weighted by Crippen LogP contribution is -2.28. The van der Waals surface area contributed by atoms with Crippen LogP contribution in [0.2, 0.25) is 0 Å². The highest BCUT2D eigenvalue weighted by Gasteiger charge is 2.25. The van der Waals surface area contributed by atoms with Crippen LogP contribution in [0.5, 0.6) is 5.75 Å². The number of halogens is 1. The molecule has 0 radical (unpaired) electrons. The van der Waals surface area contributed by atoms with Crippen molar-refractivity contribution in [3.8, 4) is 17.2 Å². The van der Waals surface area contributed by atoms with E-state index in [1.165, 1.54) is 31.4 Å². The number of aryl methyl sites for hydroxylation is 1. The van der Waals surface area contributed by atoms with E-state index < -0.39 is 4.92 Å². The molecule has 34 heavy (non-hydrogen) atoms. The normalized spacial score (nSPS) is 18.1. The van der Waals surface area contributed by atoms with Crippen molar-refractivity contribution in [2.24, 2.45) is 0 Å². The summed E-state index contributed by atoms with van der Waals surface area (Å²) < 4.78 is 36.4. The van der Waals surface area contributed by atoms with Crippen LogP contribution in [0.15, 0.2) is 46.9 Å². The molecule has 9 heteroatoms. The SMILES string of the molecule is COc1ccc([N+](=O)[O-])cc1CO[C@H]1CCC[C@@H](OCc2nc(-c3ccc(F)cc3)oc2C)C1. The molecule has 1 aliphatic rings. The van der Waals surface area contributed by atoms with Crippen molar-refractivity contribution in [2.45, 2.75) is 58.0 Å². The van der Waals surface area contributed by atoms with Crippen molar-refractivity contribution in [2.75, 3.05) is 7.11 Å². The molecule has 0 amide bonds. The van der Waals surface area contributed by atoms with Gasteiger partial charge in [0.05, 0.1) is 37.5 Å². The largest absolute Gasteiger partial charge is 0.496 e. The molecule has 1 aromatic heterocycles. The van der Waals surface area contributed by atoms with E-state index >= 15 is 0 Å². The highest BCUT2D eigenvalue weighted by molar-refractivity contribution is 5.53. The fraction of sp³-hybridized carbons (Fsp3) is 0.400. The van der Waals surface area contributed by atoms with E-state index in [1.54, 1.807) is 18.2 Å². The van der Waals surface area contributed by atoms with Gasteiger partial charge in [-0.25, -0.2) is 9.37 Å². The van der Waals surface area contributed by atoms with E-state index in [9.17, 15) is 14.5 Å². The fourth-order valence-electron chi connectivity index (χ4n) is 4.08. The zero-order valence-corrected chi connectivity index (χ0v) is 19.2. The Morgan fingerprint density at radius 1 is 1.12 bits per heavy atom. The topological polar surface area (TPSA) is 96.9 Å².